The van der Waals surface area contributed by atoms with Gasteiger partial charge in [0.05, 0.1) is 5.56 Å². The van der Waals surface area contributed by atoms with Crippen LogP contribution in [-0.4, -0.2) is 23.1 Å². The summed E-state index contributed by atoms with van der Waals surface area (Å²) in [6.45, 7) is 2.72. The van der Waals surface area contributed by atoms with E-state index in [0.29, 0.717) is 5.56 Å². The molecule has 1 heterocycles. The zero-order chi connectivity index (χ0) is 11.7. The Balaban J connectivity index is 2.64. The first-order valence-electron chi connectivity index (χ1n) is 5.12. The lowest BCUT2D eigenvalue weighted by molar-refractivity contribution is 0.0697. The Morgan fingerprint density at radius 1 is 1.50 bits per heavy atom. The summed E-state index contributed by atoms with van der Waals surface area (Å²) >= 11 is 0. The third kappa shape index (κ3) is 1.67. The van der Waals surface area contributed by atoms with E-state index in [2.05, 4.69) is 10.3 Å². The summed E-state index contributed by atoms with van der Waals surface area (Å²) in [7, 11) is 1.87. The number of hydrogen-bond acceptors (Lipinski definition) is 2. The van der Waals surface area contributed by atoms with E-state index in [9.17, 15) is 4.79 Å². The van der Waals surface area contributed by atoms with E-state index >= 15 is 0 Å². The van der Waals surface area contributed by atoms with Crippen LogP contribution in [0.5, 0.6) is 0 Å². The number of carboxylic acids is 1. The smallest absolute Gasteiger partial charge is 0.335 e. The average molecular weight is 218 g/mol. The van der Waals surface area contributed by atoms with E-state index in [1.165, 1.54) is 0 Å². The molecule has 16 heavy (non-hydrogen) atoms. The van der Waals surface area contributed by atoms with Gasteiger partial charge >= 0.3 is 5.97 Å². The highest BCUT2D eigenvalue weighted by atomic mass is 16.4. The fourth-order valence-electron chi connectivity index (χ4n) is 1.92. The molecule has 0 fully saturated rings. The van der Waals surface area contributed by atoms with Crippen molar-refractivity contribution in [2.45, 2.75) is 13.5 Å². The zero-order valence-electron chi connectivity index (χ0n) is 9.29. The Hall–Kier alpha value is -1.81. The van der Waals surface area contributed by atoms with Gasteiger partial charge in [0.1, 0.15) is 0 Å². The molecule has 0 amide bonds. The molecule has 0 aliphatic carbocycles. The molecule has 84 valence electrons. The predicted octanol–water partition coefficient (Wildman–Crippen LogP) is 1.89. The number of aromatic amines is 1. The van der Waals surface area contributed by atoms with Gasteiger partial charge in [0.2, 0.25) is 0 Å². The number of nitrogens with one attached hydrogen (secondary N) is 2. The zero-order valence-corrected chi connectivity index (χ0v) is 9.29. The van der Waals surface area contributed by atoms with E-state index in [1.54, 1.807) is 12.1 Å². The maximum absolute atomic E-state index is 10.9. The van der Waals surface area contributed by atoms with Crippen molar-refractivity contribution in [1.29, 1.82) is 0 Å². The van der Waals surface area contributed by atoms with Gasteiger partial charge in [-0.1, -0.05) is 0 Å². The summed E-state index contributed by atoms with van der Waals surface area (Å²) in [6, 6.07) is 5.14. The van der Waals surface area contributed by atoms with Gasteiger partial charge in [-0.2, -0.15) is 0 Å². The van der Waals surface area contributed by atoms with E-state index < -0.39 is 5.97 Å². The molecule has 4 heteroatoms. The SMILES string of the molecule is CNCc1c(C)[nH]c2ccc(C(=O)O)cc12. The summed E-state index contributed by atoms with van der Waals surface area (Å²) in [4.78, 5) is 14.1. The maximum Gasteiger partial charge on any atom is 0.335 e. The van der Waals surface area contributed by atoms with Crippen LogP contribution >= 0.6 is 0 Å². The first-order chi connectivity index (χ1) is 7.63. The van der Waals surface area contributed by atoms with Crippen LogP contribution in [0.25, 0.3) is 10.9 Å². The Bertz CT molecular complexity index is 543. The molecule has 0 aliphatic heterocycles. The van der Waals surface area contributed by atoms with E-state index in [4.69, 9.17) is 5.11 Å². The molecule has 0 atom stereocenters. The number of aromatic nitrogens is 1. The van der Waals surface area contributed by atoms with Crippen LogP contribution in [0, 0.1) is 6.92 Å². The quantitative estimate of drug-likeness (QED) is 0.737. The summed E-state index contributed by atoms with van der Waals surface area (Å²) in [5.41, 5.74) is 3.50. The first kappa shape index (κ1) is 10.7. The van der Waals surface area contributed by atoms with Gasteiger partial charge in [0.15, 0.2) is 0 Å². The van der Waals surface area contributed by atoms with Crippen LogP contribution in [0.1, 0.15) is 21.6 Å². The molecule has 0 aliphatic rings. The van der Waals surface area contributed by atoms with Crippen LogP contribution in [-0.2, 0) is 6.54 Å². The molecule has 1 aromatic carbocycles. The fourth-order valence-corrected chi connectivity index (χ4v) is 1.92. The minimum Gasteiger partial charge on any atom is -0.478 e. The van der Waals surface area contributed by atoms with Crippen LogP contribution in [0.3, 0.4) is 0 Å². The molecule has 0 spiro atoms. The van der Waals surface area contributed by atoms with Crippen molar-refractivity contribution in [2.24, 2.45) is 0 Å². The number of carboxylic acid groups (broad SMARTS) is 1. The van der Waals surface area contributed by atoms with Crippen LogP contribution in [0.2, 0.25) is 0 Å². The summed E-state index contributed by atoms with van der Waals surface area (Å²) in [6.07, 6.45) is 0. The Morgan fingerprint density at radius 2 is 2.25 bits per heavy atom. The molecule has 2 rings (SSSR count). The number of carbonyl (C=O) groups is 1. The monoisotopic (exact) mass is 218 g/mol. The standard InChI is InChI=1S/C12H14N2O2/c1-7-10(6-13-2)9-5-8(12(15)16)3-4-11(9)14-7/h3-5,13-14H,6H2,1-2H3,(H,15,16). The number of hydrogen-bond donors (Lipinski definition) is 3. The number of aromatic carboxylic acids is 1. The van der Waals surface area contributed by atoms with Gasteiger partial charge in [-0.25, -0.2) is 4.79 Å². The normalized spacial score (nSPS) is 10.9. The van der Waals surface area contributed by atoms with Crippen molar-refractivity contribution in [3.63, 3.8) is 0 Å². The lowest BCUT2D eigenvalue weighted by atomic mass is 10.1. The van der Waals surface area contributed by atoms with Crippen molar-refractivity contribution < 1.29 is 9.90 Å². The largest absolute Gasteiger partial charge is 0.478 e. The number of fused-ring (bicyclic) bond motifs is 1. The minimum atomic E-state index is -0.892. The topological polar surface area (TPSA) is 65.1 Å². The third-order valence-electron chi connectivity index (χ3n) is 2.72. The molecule has 0 bridgehead atoms. The fraction of sp³-hybridized carbons (Fsp3) is 0.250. The first-order valence-corrected chi connectivity index (χ1v) is 5.12. The average Bonchev–Trinajstić information content (AvgIpc) is 2.55. The predicted molar refractivity (Wildman–Crippen MR) is 62.8 cm³/mol. The van der Waals surface area contributed by atoms with E-state index in [1.807, 2.05) is 20.0 Å². The molecular weight excluding hydrogens is 204 g/mol. The highest BCUT2D eigenvalue weighted by Gasteiger charge is 2.10. The molecule has 1 aromatic heterocycles. The van der Waals surface area contributed by atoms with Gasteiger partial charge in [-0.15, -0.1) is 0 Å². The van der Waals surface area contributed by atoms with E-state index in [-0.39, 0.29) is 0 Å². The number of benzene rings is 1. The highest BCUT2D eigenvalue weighted by molar-refractivity contribution is 5.95. The van der Waals surface area contributed by atoms with Crippen LogP contribution in [0.15, 0.2) is 18.2 Å². The second-order valence-corrected chi connectivity index (χ2v) is 3.82. The Morgan fingerprint density at radius 3 is 2.88 bits per heavy atom. The second-order valence-electron chi connectivity index (χ2n) is 3.82. The summed E-state index contributed by atoms with van der Waals surface area (Å²) in [5.74, 6) is -0.892. The van der Waals surface area contributed by atoms with Gasteiger partial charge in [0.25, 0.3) is 0 Å². The lowest BCUT2D eigenvalue weighted by Crippen LogP contribution is -2.05. The maximum atomic E-state index is 10.9. The van der Waals surface area contributed by atoms with Crippen molar-refractivity contribution in [3.8, 4) is 0 Å². The molecule has 0 saturated heterocycles. The van der Waals surface area contributed by atoms with Gasteiger partial charge < -0.3 is 15.4 Å². The minimum absolute atomic E-state index is 0.323. The van der Waals surface area contributed by atoms with Crippen LogP contribution < -0.4 is 5.32 Å². The van der Waals surface area contributed by atoms with Crippen molar-refractivity contribution in [1.82, 2.24) is 10.3 Å². The van der Waals surface area contributed by atoms with Crippen molar-refractivity contribution in [3.05, 3.63) is 35.0 Å². The lowest BCUT2D eigenvalue weighted by Gasteiger charge is -2.00. The summed E-state index contributed by atoms with van der Waals surface area (Å²) in [5, 5.41) is 13.0. The number of aryl methyl sites for hydroxylation is 1. The highest BCUT2D eigenvalue weighted by Crippen LogP contribution is 2.23. The van der Waals surface area contributed by atoms with Gasteiger partial charge in [-0.3, -0.25) is 0 Å². The third-order valence-corrected chi connectivity index (χ3v) is 2.72. The Kier molecular flexibility index (Phi) is 2.66. The Labute approximate surface area is 93.3 Å². The van der Waals surface area contributed by atoms with Crippen molar-refractivity contribution >= 4 is 16.9 Å². The van der Waals surface area contributed by atoms with Gasteiger partial charge in [-0.05, 0) is 37.7 Å². The van der Waals surface area contributed by atoms with Gasteiger partial charge in [0, 0.05) is 23.1 Å². The second kappa shape index (κ2) is 3.98. The number of H-pyrrole nitrogens is 1. The van der Waals surface area contributed by atoms with E-state index in [0.717, 1.165) is 28.7 Å². The molecular formula is C12H14N2O2. The van der Waals surface area contributed by atoms with Crippen LogP contribution in [0.4, 0.5) is 0 Å². The molecule has 0 radical (unpaired) electrons. The molecule has 0 saturated carbocycles. The number of rotatable bonds is 3. The molecule has 3 N–H and O–H groups in total. The summed E-state index contributed by atoms with van der Waals surface area (Å²) < 4.78 is 0. The molecule has 4 nitrogen and oxygen atoms in total. The molecule has 0 unspecified atom stereocenters. The molecule has 2 aromatic rings. The van der Waals surface area contributed by atoms with Crippen molar-refractivity contribution in [2.75, 3.05) is 7.05 Å².